The lowest BCUT2D eigenvalue weighted by atomic mass is 10.1. The Bertz CT molecular complexity index is 1250. The molecule has 29 heavy (non-hydrogen) atoms. The van der Waals surface area contributed by atoms with E-state index in [2.05, 4.69) is 15.1 Å². The van der Waals surface area contributed by atoms with E-state index in [0.29, 0.717) is 22.5 Å². The zero-order valence-electron chi connectivity index (χ0n) is 14.9. The molecule has 0 N–H and O–H groups in total. The van der Waals surface area contributed by atoms with Crippen molar-refractivity contribution >= 4 is 11.3 Å². The normalized spacial score (nSPS) is 11.7. The van der Waals surface area contributed by atoms with Gasteiger partial charge in [0.1, 0.15) is 0 Å². The smallest absolute Gasteiger partial charge is 0.258 e. The van der Waals surface area contributed by atoms with Crippen molar-refractivity contribution in [2.45, 2.75) is 13.1 Å². The molecule has 0 aliphatic carbocycles. The van der Waals surface area contributed by atoms with Crippen molar-refractivity contribution in [3.8, 4) is 22.5 Å². The minimum atomic E-state index is -4.62. The van der Waals surface area contributed by atoms with Crippen LogP contribution in [-0.2, 0) is 6.18 Å². The molecule has 0 atom stereocenters. The van der Waals surface area contributed by atoms with E-state index in [0.717, 1.165) is 6.20 Å². The quantitative estimate of drug-likeness (QED) is 0.368. The van der Waals surface area contributed by atoms with Crippen molar-refractivity contribution in [3.63, 3.8) is 0 Å². The molecule has 0 bridgehead atoms. The maximum atomic E-state index is 13.2. The van der Waals surface area contributed by atoms with E-state index < -0.39 is 16.8 Å². The zero-order chi connectivity index (χ0) is 20.8. The third-order valence-electron chi connectivity index (χ3n) is 4.37. The highest BCUT2D eigenvalue weighted by Gasteiger charge is 2.35. The molecule has 0 aliphatic heterocycles. The molecule has 7 nitrogen and oxygen atoms in total. The van der Waals surface area contributed by atoms with Gasteiger partial charge >= 0.3 is 6.18 Å². The molecule has 0 amide bonds. The molecular weight excluding hydrogens is 387 g/mol. The molecule has 3 aromatic heterocycles. The van der Waals surface area contributed by atoms with Gasteiger partial charge in [-0.3, -0.25) is 15.1 Å². The van der Waals surface area contributed by atoms with Gasteiger partial charge in [0.25, 0.3) is 5.69 Å². The fourth-order valence-electron chi connectivity index (χ4n) is 2.97. The van der Waals surface area contributed by atoms with Gasteiger partial charge in [0.2, 0.25) is 0 Å². The molecule has 1 aromatic carbocycles. The number of halogens is 3. The molecule has 0 unspecified atom stereocenters. The standard InChI is InChI=1S/C19H12F3N5O2/c1-11-4-5-12(9-16(11)27(28)29)15-10-26-17(24-15)7-6-14(25-26)13-3-2-8-23-18(13)19(20,21)22/h2-10H,1H3. The fourth-order valence-corrected chi connectivity index (χ4v) is 2.97. The molecule has 146 valence electrons. The minimum absolute atomic E-state index is 0.0432. The number of nitro groups is 1. The van der Waals surface area contributed by atoms with Crippen LogP contribution in [0.25, 0.3) is 28.2 Å². The van der Waals surface area contributed by atoms with Gasteiger partial charge in [0.05, 0.1) is 22.5 Å². The van der Waals surface area contributed by atoms with Gasteiger partial charge in [-0.1, -0.05) is 12.1 Å². The molecule has 0 aliphatic rings. The lowest BCUT2D eigenvalue weighted by molar-refractivity contribution is -0.385. The number of pyridine rings is 1. The first-order valence-corrected chi connectivity index (χ1v) is 8.38. The number of alkyl halides is 3. The molecule has 4 aromatic rings. The van der Waals surface area contributed by atoms with Gasteiger partial charge in [-0.05, 0) is 31.2 Å². The van der Waals surface area contributed by atoms with Gasteiger partial charge < -0.3 is 0 Å². The largest absolute Gasteiger partial charge is 0.434 e. The number of aryl methyl sites for hydroxylation is 1. The maximum absolute atomic E-state index is 13.2. The van der Waals surface area contributed by atoms with E-state index in [4.69, 9.17) is 0 Å². The summed E-state index contributed by atoms with van der Waals surface area (Å²) in [6, 6.07) is 10.4. The highest BCUT2D eigenvalue weighted by atomic mass is 19.4. The summed E-state index contributed by atoms with van der Waals surface area (Å²) in [6.07, 6.45) is -2.03. The first-order chi connectivity index (χ1) is 13.7. The number of aromatic nitrogens is 4. The Morgan fingerprint density at radius 2 is 1.90 bits per heavy atom. The Kier molecular flexibility index (Phi) is 4.26. The highest BCUT2D eigenvalue weighted by Crippen LogP contribution is 2.34. The summed E-state index contributed by atoms with van der Waals surface area (Å²) in [5, 5.41) is 15.4. The monoisotopic (exact) mass is 399 g/mol. The van der Waals surface area contributed by atoms with Gasteiger partial charge in [-0.2, -0.15) is 18.3 Å². The molecular formula is C19H12F3N5O2. The number of imidazole rings is 1. The summed E-state index contributed by atoms with van der Waals surface area (Å²) >= 11 is 0. The molecule has 0 spiro atoms. The molecule has 4 rings (SSSR count). The van der Waals surface area contributed by atoms with E-state index in [1.54, 1.807) is 19.1 Å². The fraction of sp³-hybridized carbons (Fsp3) is 0.105. The average molecular weight is 399 g/mol. The van der Waals surface area contributed by atoms with Crippen LogP contribution in [0, 0.1) is 17.0 Å². The van der Waals surface area contributed by atoms with Crippen LogP contribution >= 0.6 is 0 Å². The summed E-state index contributed by atoms with van der Waals surface area (Å²) in [7, 11) is 0. The minimum Gasteiger partial charge on any atom is -0.258 e. The highest BCUT2D eigenvalue weighted by molar-refractivity contribution is 5.68. The number of nitrogens with zero attached hydrogens (tertiary/aromatic N) is 5. The van der Waals surface area contributed by atoms with Crippen LogP contribution < -0.4 is 0 Å². The van der Waals surface area contributed by atoms with Gasteiger partial charge in [-0.25, -0.2) is 9.50 Å². The Morgan fingerprint density at radius 3 is 2.62 bits per heavy atom. The predicted molar refractivity (Wildman–Crippen MR) is 98.0 cm³/mol. The van der Waals surface area contributed by atoms with Crippen molar-refractivity contribution in [1.29, 1.82) is 0 Å². The second-order valence-electron chi connectivity index (χ2n) is 6.30. The Hall–Kier alpha value is -3.82. The molecule has 0 saturated heterocycles. The number of benzene rings is 1. The topological polar surface area (TPSA) is 86.2 Å². The van der Waals surface area contributed by atoms with Crippen LogP contribution in [0.1, 0.15) is 11.3 Å². The lowest BCUT2D eigenvalue weighted by Crippen LogP contribution is -2.10. The second-order valence-corrected chi connectivity index (χ2v) is 6.30. The maximum Gasteiger partial charge on any atom is 0.434 e. The summed E-state index contributed by atoms with van der Waals surface area (Å²) < 4.78 is 41.1. The first-order valence-electron chi connectivity index (χ1n) is 8.38. The van der Waals surface area contributed by atoms with Crippen LogP contribution in [0.3, 0.4) is 0 Å². The van der Waals surface area contributed by atoms with Crippen LogP contribution in [0.15, 0.2) is 54.9 Å². The molecule has 0 saturated carbocycles. The molecule has 0 fully saturated rings. The summed E-state index contributed by atoms with van der Waals surface area (Å²) in [6.45, 7) is 1.63. The van der Waals surface area contributed by atoms with E-state index in [1.807, 2.05) is 0 Å². The summed E-state index contributed by atoms with van der Waals surface area (Å²) in [5.74, 6) is 0. The first kappa shape index (κ1) is 18.5. The zero-order valence-corrected chi connectivity index (χ0v) is 14.9. The molecule has 10 heteroatoms. The SMILES string of the molecule is Cc1ccc(-c2cn3nc(-c4cccnc4C(F)(F)F)ccc3n2)cc1[N+](=O)[O-]. The van der Waals surface area contributed by atoms with Gasteiger partial charge in [0, 0.05) is 29.0 Å². The van der Waals surface area contributed by atoms with Crippen molar-refractivity contribution in [3.05, 3.63) is 76.2 Å². The predicted octanol–water partition coefficient (Wildman–Crippen LogP) is 4.69. The molecule has 3 heterocycles. The van der Waals surface area contributed by atoms with Gasteiger partial charge in [0.15, 0.2) is 11.3 Å². The Morgan fingerprint density at radius 1 is 1.10 bits per heavy atom. The molecule has 0 radical (unpaired) electrons. The van der Waals surface area contributed by atoms with E-state index in [1.165, 1.54) is 41.0 Å². The van der Waals surface area contributed by atoms with Crippen LogP contribution in [0.2, 0.25) is 0 Å². The number of hydrogen-bond acceptors (Lipinski definition) is 5. The van der Waals surface area contributed by atoms with Crippen molar-refractivity contribution in [2.24, 2.45) is 0 Å². The lowest BCUT2D eigenvalue weighted by Gasteiger charge is -2.10. The van der Waals surface area contributed by atoms with E-state index >= 15 is 0 Å². The van der Waals surface area contributed by atoms with Crippen LogP contribution in [0.4, 0.5) is 18.9 Å². The van der Waals surface area contributed by atoms with Crippen LogP contribution in [0.5, 0.6) is 0 Å². The summed E-state index contributed by atoms with van der Waals surface area (Å²) in [5.41, 5.74) is 0.690. The third kappa shape index (κ3) is 3.40. The second kappa shape index (κ2) is 6.66. The summed E-state index contributed by atoms with van der Waals surface area (Å²) in [4.78, 5) is 18.5. The van der Waals surface area contributed by atoms with Crippen molar-refractivity contribution in [1.82, 2.24) is 19.6 Å². The van der Waals surface area contributed by atoms with Crippen LogP contribution in [-0.4, -0.2) is 24.5 Å². The van der Waals surface area contributed by atoms with E-state index in [-0.39, 0.29) is 16.9 Å². The number of fused-ring (bicyclic) bond motifs is 1. The third-order valence-corrected chi connectivity index (χ3v) is 4.37. The number of rotatable bonds is 3. The van der Waals surface area contributed by atoms with Crippen molar-refractivity contribution in [2.75, 3.05) is 0 Å². The average Bonchev–Trinajstić information content (AvgIpc) is 3.10. The Labute approximate surface area is 161 Å². The number of nitro benzene ring substituents is 1. The number of hydrogen-bond donors (Lipinski definition) is 0. The van der Waals surface area contributed by atoms with Crippen molar-refractivity contribution < 1.29 is 18.1 Å². The van der Waals surface area contributed by atoms with Gasteiger partial charge in [-0.15, -0.1) is 0 Å². The van der Waals surface area contributed by atoms with E-state index in [9.17, 15) is 23.3 Å². The Balaban J connectivity index is 1.81.